The number of hydrogen-bond donors (Lipinski definition) is 0. The Bertz CT molecular complexity index is 398. The van der Waals surface area contributed by atoms with Gasteiger partial charge in [0, 0.05) is 21.5 Å². The van der Waals surface area contributed by atoms with Gasteiger partial charge in [-0.3, -0.25) is 4.98 Å². The van der Waals surface area contributed by atoms with E-state index in [1.54, 1.807) is 6.20 Å². The molecule has 0 aliphatic rings. The molecule has 0 N–H and O–H groups in total. The van der Waals surface area contributed by atoms with Crippen molar-refractivity contribution in [2.45, 2.75) is 0 Å². The molecule has 1 nitrogen and oxygen atoms in total. The van der Waals surface area contributed by atoms with Crippen molar-refractivity contribution in [3.05, 3.63) is 52.4 Å². The van der Waals surface area contributed by atoms with Gasteiger partial charge in [0.25, 0.3) is 0 Å². The summed E-state index contributed by atoms with van der Waals surface area (Å²) >= 11 is 2.31. The first-order chi connectivity index (χ1) is 6.36. The molecule has 2 rings (SSSR count). The molecule has 0 aliphatic heterocycles. The summed E-state index contributed by atoms with van der Waals surface area (Å²) in [5.74, 6) is 0. The molecule has 0 fully saturated rings. The van der Waals surface area contributed by atoms with Gasteiger partial charge in [0.15, 0.2) is 0 Å². The van der Waals surface area contributed by atoms with Crippen LogP contribution in [0.15, 0.2) is 48.8 Å². The Balaban J connectivity index is 2.48. The first-order valence-electron chi connectivity index (χ1n) is 4.02. The predicted octanol–water partition coefficient (Wildman–Crippen LogP) is 3.35. The molecule has 64 valence electrons. The topological polar surface area (TPSA) is 12.9 Å². The van der Waals surface area contributed by atoms with Crippen LogP contribution < -0.4 is 0 Å². The van der Waals surface area contributed by atoms with Crippen LogP contribution in [0.1, 0.15) is 0 Å². The molecular weight excluding hydrogens is 273 g/mol. The van der Waals surface area contributed by atoms with Crippen molar-refractivity contribution < 1.29 is 0 Å². The third kappa shape index (κ3) is 2.06. The van der Waals surface area contributed by atoms with E-state index in [2.05, 4.69) is 57.9 Å². The fourth-order valence-corrected chi connectivity index (χ4v) is 1.74. The van der Waals surface area contributed by atoms with Crippen LogP contribution in [0, 0.1) is 3.57 Å². The molecular formula is C11H8IN. The Morgan fingerprint density at radius 2 is 1.85 bits per heavy atom. The number of pyridine rings is 1. The number of rotatable bonds is 1. The van der Waals surface area contributed by atoms with E-state index in [-0.39, 0.29) is 0 Å². The minimum atomic E-state index is 1.17. The lowest BCUT2D eigenvalue weighted by Crippen LogP contribution is -1.79. The first-order valence-corrected chi connectivity index (χ1v) is 5.10. The lowest BCUT2D eigenvalue weighted by molar-refractivity contribution is 1.33. The van der Waals surface area contributed by atoms with Crippen LogP contribution in [-0.4, -0.2) is 4.98 Å². The van der Waals surface area contributed by atoms with Crippen molar-refractivity contribution in [1.82, 2.24) is 4.98 Å². The Morgan fingerprint density at radius 1 is 1.00 bits per heavy atom. The molecule has 1 aromatic heterocycles. The predicted molar refractivity (Wildman–Crippen MR) is 62.4 cm³/mol. The van der Waals surface area contributed by atoms with E-state index >= 15 is 0 Å². The molecule has 0 saturated carbocycles. The smallest absolute Gasteiger partial charge is 0.0346 e. The summed E-state index contributed by atoms with van der Waals surface area (Å²) in [7, 11) is 0. The molecule has 0 spiro atoms. The molecule has 13 heavy (non-hydrogen) atoms. The third-order valence-corrected chi connectivity index (χ3v) is 2.49. The van der Waals surface area contributed by atoms with E-state index in [9.17, 15) is 0 Å². The highest BCUT2D eigenvalue weighted by molar-refractivity contribution is 14.1. The maximum atomic E-state index is 4.09. The summed E-state index contributed by atoms with van der Waals surface area (Å²) in [6.07, 6.45) is 3.67. The van der Waals surface area contributed by atoms with Crippen molar-refractivity contribution in [2.24, 2.45) is 0 Å². The standard InChI is InChI=1S/C11H8IN/c12-11-5-1-3-9(7-11)10-4-2-6-13-8-10/h1-8H. The van der Waals surface area contributed by atoms with E-state index in [0.29, 0.717) is 0 Å². The second kappa shape index (κ2) is 3.87. The molecule has 1 heterocycles. The lowest BCUT2D eigenvalue weighted by Gasteiger charge is -2.00. The summed E-state index contributed by atoms with van der Waals surface area (Å²) in [6.45, 7) is 0. The van der Waals surface area contributed by atoms with Crippen molar-refractivity contribution in [2.75, 3.05) is 0 Å². The van der Waals surface area contributed by atoms with Crippen LogP contribution >= 0.6 is 22.6 Å². The SMILES string of the molecule is Ic1cccc(-c2cccnc2)c1. The van der Waals surface area contributed by atoms with E-state index in [1.165, 1.54) is 14.7 Å². The van der Waals surface area contributed by atoms with Gasteiger partial charge in [-0.05, 0) is 46.4 Å². The fourth-order valence-electron chi connectivity index (χ4n) is 1.20. The molecule has 0 saturated heterocycles. The Hall–Kier alpha value is -0.900. The van der Waals surface area contributed by atoms with Crippen LogP contribution in [0.3, 0.4) is 0 Å². The number of nitrogens with zero attached hydrogens (tertiary/aromatic N) is 1. The maximum Gasteiger partial charge on any atom is 0.0346 e. The van der Waals surface area contributed by atoms with E-state index in [1.807, 2.05) is 12.3 Å². The van der Waals surface area contributed by atoms with Crippen LogP contribution in [0.5, 0.6) is 0 Å². The zero-order valence-corrected chi connectivity index (χ0v) is 9.10. The van der Waals surface area contributed by atoms with Gasteiger partial charge in [0.05, 0.1) is 0 Å². The summed E-state index contributed by atoms with van der Waals surface area (Å²) in [4.78, 5) is 4.09. The molecule has 1 aromatic carbocycles. The van der Waals surface area contributed by atoms with Crippen molar-refractivity contribution in [3.8, 4) is 11.1 Å². The highest BCUT2D eigenvalue weighted by Gasteiger charge is 1.96. The van der Waals surface area contributed by atoms with Crippen LogP contribution in [0.2, 0.25) is 0 Å². The van der Waals surface area contributed by atoms with Gasteiger partial charge < -0.3 is 0 Å². The van der Waals surface area contributed by atoms with Crippen molar-refractivity contribution in [3.63, 3.8) is 0 Å². The molecule has 0 aliphatic carbocycles. The van der Waals surface area contributed by atoms with Gasteiger partial charge in [-0.2, -0.15) is 0 Å². The number of hydrogen-bond acceptors (Lipinski definition) is 1. The summed E-state index contributed by atoms with van der Waals surface area (Å²) in [6, 6.07) is 12.4. The van der Waals surface area contributed by atoms with Crippen LogP contribution in [-0.2, 0) is 0 Å². The normalized spacial score (nSPS) is 9.92. The van der Waals surface area contributed by atoms with E-state index in [0.717, 1.165) is 0 Å². The molecule has 0 amide bonds. The fraction of sp³-hybridized carbons (Fsp3) is 0. The quantitative estimate of drug-likeness (QED) is 0.730. The van der Waals surface area contributed by atoms with E-state index < -0.39 is 0 Å². The average molecular weight is 281 g/mol. The van der Waals surface area contributed by atoms with Gasteiger partial charge in [0.1, 0.15) is 0 Å². The number of halogens is 1. The molecule has 0 bridgehead atoms. The molecule has 0 atom stereocenters. The van der Waals surface area contributed by atoms with Gasteiger partial charge in [-0.25, -0.2) is 0 Å². The second-order valence-electron chi connectivity index (χ2n) is 2.75. The Morgan fingerprint density at radius 3 is 2.54 bits per heavy atom. The zero-order chi connectivity index (χ0) is 9.10. The lowest BCUT2D eigenvalue weighted by atomic mass is 10.1. The van der Waals surface area contributed by atoms with Crippen molar-refractivity contribution in [1.29, 1.82) is 0 Å². The van der Waals surface area contributed by atoms with Gasteiger partial charge >= 0.3 is 0 Å². The van der Waals surface area contributed by atoms with Crippen LogP contribution in [0.4, 0.5) is 0 Å². The maximum absolute atomic E-state index is 4.09. The largest absolute Gasteiger partial charge is 0.264 e. The van der Waals surface area contributed by atoms with E-state index in [4.69, 9.17) is 0 Å². The molecule has 2 heteroatoms. The van der Waals surface area contributed by atoms with Crippen LogP contribution in [0.25, 0.3) is 11.1 Å². The van der Waals surface area contributed by atoms with Crippen molar-refractivity contribution >= 4 is 22.6 Å². The first kappa shape index (κ1) is 8.69. The van der Waals surface area contributed by atoms with Gasteiger partial charge in [0.2, 0.25) is 0 Å². The average Bonchev–Trinajstić information content (AvgIpc) is 2.19. The number of benzene rings is 1. The van der Waals surface area contributed by atoms with Gasteiger partial charge in [-0.15, -0.1) is 0 Å². The summed E-state index contributed by atoms with van der Waals surface area (Å²) in [5.41, 5.74) is 2.39. The molecule has 0 radical (unpaired) electrons. The second-order valence-corrected chi connectivity index (χ2v) is 4.00. The monoisotopic (exact) mass is 281 g/mol. The molecule has 0 unspecified atom stereocenters. The molecule has 2 aromatic rings. The zero-order valence-electron chi connectivity index (χ0n) is 6.94. The minimum absolute atomic E-state index is 1.17. The third-order valence-electron chi connectivity index (χ3n) is 1.82. The summed E-state index contributed by atoms with van der Waals surface area (Å²) in [5, 5.41) is 0. The summed E-state index contributed by atoms with van der Waals surface area (Å²) < 4.78 is 1.25. The minimum Gasteiger partial charge on any atom is -0.264 e. The highest BCUT2D eigenvalue weighted by atomic mass is 127. The Kier molecular flexibility index (Phi) is 2.59. The highest BCUT2D eigenvalue weighted by Crippen LogP contribution is 2.19. The Labute approximate surface area is 91.0 Å². The number of aromatic nitrogens is 1. The van der Waals surface area contributed by atoms with Gasteiger partial charge in [-0.1, -0.05) is 18.2 Å².